The molecule has 0 saturated heterocycles. The van der Waals surface area contributed by atoms with E-state index in [0.717, 1.165) is 10.9 Å². The predicted molar refractivity (Wildman–Crippen MR) is 125 cm³/mol. The Labute approximate surface area is 172 Å². The molecule has 0 radical (unpaired) electrons. The van der Waals surface area contributed by atoms with Gasteiger partial charge in [0.05, 0.1) is 6.57 Å². The van der Waals surface area contributed by atoms with Crippen molar-refractivity contribution in [1.82, 2.24) is 4.57 Å². The van der Waals surface area contributed by atoms with E-state index >= 15 is 0 Å². The van der Waals surface area contributed by atoms with E-state index in [2.05, 4.69) is 83.2 Å². The standard InChI is InChI=1S/C26H16N2S/c1-27-17-11-13-24-22(15-17)21-14-16(10-12-23(21)28(24)2)18-7-5-8-20-19-6-3-4-9-25(19)29-26(18)20/h3-15H,2H3. The van der Waals surface area contributed by atoms with Crippen molar-refractivity contribution < 1.29 is 0 Å². The molecular weight excluding hydrogens is 372 g/mol. The normalized spacial score (nSPS) is 11.6. The van der Waals surface area contributed by atoms with Crippen LogP contribution in [0.15, 0.2) is 78.9 Å². The van der Waals surface area contributed by atoms with Gasteiger partial charge in [0, 0.05) is 43.6 Å². The van der Waals surface area contributed by atoms with E-state index in [9.17, 15) is 0 Å². The molecular formula is C26H16N2S. The second-order valence-corrected chi connectivity index (χ2v) is 8.44. The topological polar surface area (TPSA) is 9.29 Å². The number of benzene rings is 4. The predicted octanol–water partition coefficient (Wildman–Crippen LogP) is 7.92. The summed E-state index contributed by atoms with van der Waals surface area (Å²) in [6.07, 6.45) is 0. The van der Waals surface area contributed by atoms with E-state index in [-0.39, 0.29) is 0 Å². The molecule has 0 fully saturated rings. The highest BCUT2D eigenvalue weighted by Crippen LogP contribution is 2.41. The molecule has 3 heteroatoms. The number of fused-ring (bicyclic) bond motifs is 6. The molecule has 136 valence electrons. The van der Waals surface area contributed by atoms with Crippen molar-refractivity contribution in [1.29, 1.82) is 0 Å². The second kappa shape index (κ2) is 5.94. The Morgan fingerprint density at radius 3 is 2.38 bits per heavy atom. The summed E-state index contributed by atoms with van der Waals surface area (Å²) < 4.78 is 4.86. The first-order valence-electron chi connectivity index (χ1n) is 9.55. The minimum Gasteiger partial charge on any atom is -0.344 e. The van der Waals surface area contributed by atoms with E-state index in [1.165, 1.54) is 42.2 Å². The van der Waals surface area contributed by atoms with Crippen LogP contribution in [0.25, 0.3) is 58.0 Å². The van der Waals surface area contributed by atoms with Crippen molar-refractivity contribution in [3.05, 3.63) is 90.3 Å². The second-order valence-electron chi connectivity index (χ2n) is 7.38. The Morgan fingerprint density at radius 2 is 1.52 bits per heavy atom. The molecule has 0 amide bonds. The highest BCUT2D eigenvalue weighted by atomic mass is 32.1. The van der Waals surface area contributed by atoms with Gasteiger partial charge in [-0.15, -0.1) is 11.3 Å². The molecule has 2 aromatic heterocycles. The molecule has 29 heavy (non-hydrogen) atoms. The molecule has 0 bridgehead atoms. The summed E-state index contributed by atoms with van der Waals surface area (Å²) in [6, 6.07) is 27.9. The first-order chi connectivity index (χ1) is 14.2. The van der Waals surface area contributed by atoms with E-state index in [0.29, 0.717) is 5.69 Å². The quantitative estimate of drug-likeness (QED) is 0.253. The Hall–Kier alpha value is -3.61. The summed E-state index contributed by atoms with van der Waals surface area (Å²) in [5.41, 5.74) is 5.51. The maximum atomic E-state index is 7.37. The van der Waals surface area contributed by atoms with Crippen LogP contribution in [0.1, 0.15) is 0 Å². The number of rotatable bonds is 1. The molecule has 6 aromatic rings. The van der Waals surface area contributed by atoms with Gasteiger partial charge in [-0.25, -0.2) is 4.85 Å². The molecule has 0 saturated carbocycles. The third kappa shape index (κ3) is 2.27. The summed E-state index contributed by atoms with van der Waals surface area (Å²) >= 11 is 1.86. The van der Waals surface area contributed by atoms with Gasteiger partial charge < -0.3 is 4.57 Å². The highest BCUT2D eigenvalue weighted by Gasteiger charge is 2.13. The van der Waals surface area contributed by atoms with Crippen molar-refractivity contribution >= 4 is 59.0 Å². The van der Waals surface area contributed by atoms with Crippen LogP contribution in [0.3, 0.4) is 0 Å². The Morgan fingerprint density at radius 1 is 0.759 bits per heavy atom. The van der Waals surface area contributed by atoms with Gasteiger partial charge in [0.1, 0.15) is 0 Å². The van der Waals surface area contributed by atoms with Gasteiger partial charge in [0.15, 0.2) is 5.69 Å². The van der Waals surface area contributed by atoms with Gasteiger partial charge in [-0.1, -0.05) is 48.5 Å². The maximum absolute atomic E-state index is 7.37. The number of nitrogens with zero attached hydrogens (tertiary/aromatic N) is 2. The van der Waals surface area contributed by atoms with Crippen LogP contribution in [0.2, 0.25) is 0 Å². The van der Waals surface area contributed by atoms with Gasteiger partial charge in [-0.2, -0.15) is 0 Å². The zero-order chi connectivity index (χ0) is 19.5. The summed E-state index contributed by atoms with van der Waals surface area (Å²) in [5.74, 6) is 0. The Balaban J connectivity index is 1.68. The maximum Gasteiger partial charge on any atom is 0.188 e. The van der Waals surface area contributed by atoms with E-state index in [4.69, 9.17) is 6.57 Å². The smallest absolute Gasteiger partial charge is 0.188 e. The van der Waals surface area contributed by atoms with Gasteiger partial charge in [-0.3, -0.25) is 0 Å². The average Bonchev–Trinajstić information content (AvgIpc) is 3.29. The molecule has 4 aromatic carbocycles. The summed E-state index contributed by atoms with van der Waals surface area (Å²) in [4.78, 5) is 3.62. The number of hydrogen-bond acceptors (Lipinski definition) is 1. The minimum absolute atomic E-state index is 0.682. The molecule has 2 heterocycles. The molecule has 6 rings (SSSR count). The van der Waals surface area contributed by atoms with E-state index in [1.807, 2.05) is 23.5 Å². The number of aromatic nitrogens is 1. The van der Waals surface area contributed by atoms with Crippen LogP contribution in [0.5, 0.6) is 0 Å². The van der Waals surface area contributed by atoms with Crippen LogP contribution in [-0.4, -0.2) is 4.57 Å². The fourth-order valence-electron chi connectivity index (χ4n) is 4.42. The first-order valence-corrected chi connectivity index (χ1v) is 10.4. The molecule has 0 aliphatic carbocycles. The Kier molecular flexibility index (Phi) is 3.35. The lowest BCUT2D eigenvalue weighted by Crippen LogP contribution is -1.86. The first kappa shape index (κ1) is 16.4. The monoisotopic (exact) mass is 388 g/mol. The number of hydrogen-bond donors (Lipinski definition) is 0. The van der Waals surface area contributed by atoms with Crippen molar-refractivity contribution in [3.8, 4) is 11.1 Å². The van der Waals surface area contributed by atoms with Crippen LogP contribution >= 0.6 is 11.3 Å². The Bertz CT molecular complexity index is 1630. The third-order valence-corrected chi connectivity index (χ3v) is 7.05. The van der Waals surface area contributed by atoms with Crippen LogP contribution in [0, 0.1) is 6.57 Å². The summed E-state index contributed by atoms with van der Waals surface area (Å²) in [7, 11) is 2.09. The molecule has 0 aliphatic rings. The lowest BCUT2D eigenvalue weighted by molar-refractivity contribution is 1.01. The SMILES string of the molecule is [C-]#[N+]c1ccc2c(c1)c1cc(-c3cccc4c3sc3ccccc34)ccc1n2C. The van der Waals surface area contributed by atoms with Crippen LogP contribution < -0.4 is 0 Å². The van der Waals surface area contributed by atoms with Crippen molar-refractivity contribution in [2.45, 2.75) is 0 Å². The van der Waals surface area contributed by atoms with Crippen molar-refractivity contribution in [3.63, 3.8) is 0 Å². The highest BCUT2D eigenvalue weighted by molar-refractivity contribution is 7.26. The number of aryl methyl sites for hydroxylation is 1. The molecule has 0 spiro atoms. The number of thiophene rings is 1. The molecule has 0 unspecified atom stereocenters. The molecule has 0 N–H and O–H groups in total. The minimum atomic E-state index is 0.682. The zero-order valence-electron chi connectivity index (χ0n) is 15.8. The molecule has 0 aliphatic heterocycles. The van der Waals surface area contributed by atoms with Gasteiger partial charge in [0.25, 0.3) is 0 Å². The van der Waals surface area contributed by atoms with Crippen molar-refractivity contribution in [2.75, 3.05) is 0 Å². The fourth-order valence-corrected chi connectivity index (χ4v) is 5.66. The lowest BCUT2D eigenvalue weighted by atomic mass is 10.0. The molecule has 2 nitrogen and oxygen atoms in total. The average molecular weight is 388 g/mol. The van der Waals surface area contributed by atoms with Gasteiger partial charge in [0.2, 0.25) is 0 Å². The lowest BCUT2D eigenvalue weighted by Gasteiger charge is -2.05. The molecule has 0 atom stereocenters. The van der Waals surface area contributed by atoms with Gasteiger partial charge >= 0.3 is 0 Å². The zero-order valence-corrected chi connectivity index (χ0v) is 16.6. The van der Waals surface area contributed by atoms with Crippen LogP contribution in [0.4, 0.5) is 5.69 Å². The largest absolute Gasteiger partial charge is 0.344 e. The fraction of sp³-hybridized carbons (Fsp3) is 0.0385. The van der Waals surface area contributed by atoms with Crippen LogP contribution in [-0.2, 0) is 7.05 Å². The summed E-state index contributed by atoms with van der Waals surface area (Å²) in [6.45, 7) is 7.37. The summed E-state index contributed by atoms with van der Waals surface area (Å²) in [5, 5.41) is 4.98. The van der Waals surface area contributed by atoms with Crippen molar-refractivity contribution in [2.24, 2.45) is 7.05 Å². The van der Waals surface area contributed by atoms with E-state index in [1.54, 1.807) is 0 Å². The third-order valence-electron chi connectivity index (χ3n) is 5.83. The van der Waals surface area contributed by atoms with E-state index < -0.39 is 0 Å². The van der Waals surface area contributed by atoms with Gasteiger partial charge in [-0.05, 0) is 46.8 Å².